The number of hydrogen-bond donors (Lipinski definition) is 4. The molecule has 3 aromatic heterocycles. The third-order valence-corrected chi connectivity index (χ3v) is 10.7. The van der Waals surface area contributed by atoms with E-state index in [1.807, 2.05) is 62.3 Å². The van der Waals surface area contributed by atoms with E-state index in [4.69, 9.17) is 0 Å². The van der Waals surface area contributed by atoms with E-state index in [0.717, 1.165) is 25.9 Å². The summed E-state index contributed by atoms with van der Waals surface area (Å²) in [5, 5.41) is 12.0. The topological polar surface area (TPSA) is 156 Å². The van der Waals surface area contributed by atoms with Crippen LogP contribution < -0.4 is 38.1 Å². The van der Waals surface area contributed by atoms with Crippen molar-refractivity contribution in [1.29, 1.82) is 0 Å². The molecule has 1 amide bonds. The van der Waals surface area contributed by atoms with Crippen molar-refractivity contribution in [3.63, 3.8) is 0 Å². The molecule has 14 heteroatoms. The number of carbonyl (C=O) groups excluding carboxylic acids is 1. The highest BCUT2D eigenvalue weighted by molar-refractivity contribution is 6.11. The summed E-state index contributed by atoms with van der Waals surface area (Å²) in [5.41, 5.74) is 2.46. The summed E-state index contributed by atoms with van der Waals surface area (Å²) >= 11 is 0. The molecule has 0 aliphatic rings. The van der Waals surface area contributed by atoms with Crippen LogP contribution >= 0.6 is 0 Å². The number of H-pyrrole nitrogens is 1. The number of carbonyl (C=O) groups is 1. The van der Waals surface area contributed by atoms with Gasteiger partial charge in [-0.3, -0.25) is 28.1 Å². The zero-order chi connectivity index (χ0) is 41.1. The molecule has 7 aromatic rings. The molecule has 0 bridgehead atoms. The van der Waals surface area contributed by atoms with Crippen LogP contribution in [0.1, 0.15) is 23.2 Å². The maximum absolute atomic E-state index is 14.0. The van der Waals surface area contributed by atoms with Crippen molar-refractivity contribution >= 4 is 66.3 Å². The Morgan fingerprint density at radius 2 is 1.28 bits per heavy atom. The van der Waals surface area contributed by atoms with Crippen molar-refractivity contribution in [3.05, 3.63) is 120 Å². The monoisotopic (exact) mass is 785 g/mol. The van der Waals surface area contributed by atoms with Gasteiger partial charge in [-0.15, -0.1) is 0 Å². The van der Waals surface area contributed by atoms with Gasteiger partial charge in [0, 0.05) is 66.9 Å². The molecule has 14 nitrogen and oxygen atoms in total. The van der Waals surface area contributed by atoms with Gasteiger partial charge in [0.25, 0.3) is 11.5 Å². The molecule has 0 radical (unpaired) electrons. The van der Waals surface area contributed by atoms with E-state index in [1.54, 1.807) is 48.5 Å². The Labute approximate surface area is 335 Å². The van der Waals surface area contributed by atoms with E-state index in [1.165, 1.54) is 8.97 Å². The number of para-hydroxylation sites is 2. The molecular formula is C44H51N9O5. The SMILES string of the molecule is CN(C)CCNC(=O)c1ccc(NCCCN(C)CCCNc2ccc3c(=O)n(CCN(C)C)c(=O)n4c5ccccc5c(=O)c2c34)c2c(=O)c3ccccc3[nH]c12. The fraction of sp³-hybridized carbons (Fsp3) is 0.341. The number of amides is 1. The lowest BCUT2D eigenvalue weighted by atomic mass is 10.0. The van der Waals surface area contributed by atoms with E-state index in [-0.39, 0.29) is 23.3 Å². The average Bonchev–Trinajstić information content (AvgIpc) is 3.20. The zero-order valence-electron chi connectivity index (χ0n) is 33.8. The van der Waals surface area contributed by atoms with Gasteiger partial charge in [-0.25, -0.2) is 4.79 Å². The summed E-state index contributed by atoms with van der Waals surface area (Å²) < 4.78 is 2.77. The normalized spacial score (nSPS) is 12.0. The summed E-state index contributed by atoms with van der Waals surface area (Å²) in [5.74, 6) is -0.238. The minimum Gasteiger partial charge on any atom is -0.384 e. The Kier molecular flexibility index (Phi) is 11.9. The second-order valence-corrected chi connectivity index (χ2v) is 15.4. The maximum atomic E-state index is 14.0. The summed E-state index contributed by atoms with van der Waals surface area (Å²) in [7, 11) is 9.72. The van der Waals surface area contributed by atoms with Crippen LogP contribution in [0.4, 0.5) is 11.4 Å². The number of aromatic amines is 1. The fourth-order valence-electron chi connectivity index (χ4n) is 7.65. The molecule has 302 valence electrons. The number of hydrogen-bond acceptors (Lipinski definition) is 10. The molecule has 0 unspecified atom stereocenters. The Hall–Kier alpha value is -6.09. The predicted molar refractivity (Wildman–Crippen MR) is 236 cm³/mol. The Balaban J connectivity index is 1.02. The van der Waals surface area contributed by atoms with Gasteiger partial charge in [-0.1, -0.05) is 24.3 Å². The first-order valence-electron chi connectivity index (χ1n) is 19.7. The number of nitrogens with one attached hydrogen (secondary N) is 4. The lowest BCUT2D eigenvalue weighted by Gasteiger charge is -2.19. The van der Waals surface area contributed by atoms with Gasteiger partial charge in [0.15, 0.2) is 10.9 Å². The molecule has 0 fully saturated rings. The van der Waals surface area contributed by atoms with Crippen LogP contribution in [0, 0.1) is 0 Å². The van der Waals surface area contributed by atoms with E-state index in [9.17, 15) is 24.0 Å². The summed E-state index contributed by atoms with van der Waals surface area (Å²) in [6, 6.07) is 21.4. The second kappa shape index (κ2) is 17.2. The van der Waals surface area contributed by atoms with Gasteiger partial charge in [-0.2, -0.15) is 0 Å². The summed E-state index contributed by atoms with van der Waals surface area (Å²) in [4.78, 5) is 78.0. The molecular weight excluding hydrogens is 735 g/mol. The molecule has 0 aliphatic carbocycles. The van der Waals surface area contributed by atoms with Crippen LogP contribution in [-0.4, -0.2) is 116 Å². The average molecular weight is 786 g/mol. The number of pyridine rings is 2. The molecule has 4 N–H and O–H groups in total. The van der Waals surface area contributed by atoms with E-state index in [0.29, 0.717) is 98.7 Å². The van der Waals surface area contributed by atoms with Crippen molar-refractivity contribution in [1.82, 2.24) is 34.0 Å². The summed E-state index contributed by atoms with van der Waals surface area (Å²) in [6.07, 6.45) is 1.58. The first-order chi connectivity index (χ1) is 28.0. The van der Waals surface area contributed by atoms with Crippen molar-refractivity contribution < 1.29 is 4.79 Å². The predicted octanol–water partition coefficient (Wildman–Crippen LogP) is 3.65. The third-order valence-electron chi connectivity index (χ3n) is 10.7. The summed E-state index contributed by atoms with van der Waals surface area (Å²) in [6.45, 7) is 4.68. The maximum Gasteiger partial charge on any atom is 0.336 e. The minimum atomic E-state index is -0.460. The van der Waals surface area contributed by atoms with Gasteiger partial charge in [0.1, 0.15) is 0 Å². The van der Waals surface area contributed by atoms with Crippen molar-refractivity contribution in [3.8, 4) is 0 Å². The highest BCUT2D eigenvalue weighted by atomic mass is 16.2. The van der Waals surface area contributed by atoms with Gasteiger partial charge in [-0.05, 0) is 110 Å². The van der Waals surface area contributed by atoms with Crippen LogP contribution in [0.3, 0.4) is 0 Å². The lowest BCUT2D eigenvalue weighted by molar-refractivity contribution is 0.0952. The number of rotatable bonds is 17. The standard InChI is InChI=1S/C44H51N9O5/c1-49(2)25-22-47-42(56)30-16-18-33(36-38(30)48-32-14-8-6-12-28(32)40(36)54)45-20-10-23-51(5)24-11-21-46-34-19-17-31-39-37(34)41(55)29-13-7-9-15-35(29)53(39)44(58)52(43(31)57)27-26-50(3)4/h6-9,12-19,45-46H,10-11,20-27H2,1-5H3,(H,47,56)(H,48,54). The minimum absolute atomic E-state index is 0.133. The zero-order valence-corrected chi connectivity index (χ0v) is 33.8. The first-order valence-corrected chi connectivity index (χ1v) is 19.7. The van der Waals surface area contributed by atoms with Crippen molar-refractivity contribution in [2.45, 2.75) is 19.4 Å². The molecule has 0 saturated carbocycles. The molecule has 58 heavy (non-hydrogen) atoms. The van der Waals surface area contributed by atoms with Gasteiger partial charge in [0.05, 0.1) is 38.3 Å². The molecule has 4 aromatic carbocycles. The second-order valence-electron chi connectivity index (χ2n) is 15.4. The quantitative estimate of drug-likeness (QED) is 0.0611. The van der Waals surface area contributed by atoms with Crippen LogP contribution in [0.2, 0.25) is 0 Å². The third kappa shape index (κ3) is 7.90. The molecule has 0 atom stereocenters. The van der Waals surface area contributed by atoms with Gasteiger partial charge >= 0.3 is 5.69 Å². The Morgan fingerprint density at radius 1 is 0.655 bits per heavy atom. The molecule has 7 rings (SSSR count). The van der Waals surface area contributed by atoms with E-state index >= 15 is 0 Å². The number of likely N-dealkylation sites (N-methyl/N-ethyl adjacent to an activating group) is 2. The van der Waals surface area contributed by atoms with Crippen molar-refractivity contribution in [2.75, 3.05) is 91.7 Å². The number of fused-ring (bicyclic) bond motifs is 4. The Morgan fingerprint density at radius 3 is 1.98 bits per heavy atom. The van der Waals surface area contributed by atoms with E-state index in [2.05, 4.69) is 32.9 Å². The van der Waals surface area contributed by atoms with Crippen LogP contribution in [0.5, 0.6) is 0 Å². The van der Waals surface area contributed by atoms with Crippen LogP contribution in [0.15, 0.2) is 92.0 Å². The van der Waals surface area contributed by atoms with E-state index < -0.39 is 11.2 Å². The van der Waals surface area contributed by atoms with Gasteiger partial charge < -0.3 is 35.6 Å². The highest BCUT2D eigenvalue weighted by Crippen LogP contribution is 2.27. The fourth-order valence-corrected chi connectivity index (χ4v) is 7.65. The molecule has 0 saturated heterocycles. The Bertz CT molecular complexity index is 2880. The van der Waals surface area contributed by atoms with Crippen LogP contribution in [-0.2, 0) is 6.54 Å². The number of anilines is 2. The first kappa shape index (κ1) is 40.1. The van der Waals surface area contributed by atoms with Gasteiger partial charge in [0.2, 0.25) is 0 Å². The smallest absolute Gasteiger partial charge is 0.336 e. The number of nitrogens with zero attached hydrogens (tertiary/aromatic N) is 5. The van der Waals surface area contributed by atoms with Crippen LogP contribution in [0.25, 0.3) is 49.0 Å². The highest BCUT2D eigenvalue weighted by Gasteiger charge is 2.21. The lowest BCUT2D eigenvalue weighted by Crippen LogP contribution is -2.40. The molecule has 0 spiro atoms. The largest absolute Gasteiger partial charge is 0.384 e. The number of aromatic nitrogens is 3. The number of benzene rings is 4. The molecule has 3 heterocycles. The van der Waals surface area contributed by atoms with Crippen molar-refractivity contribution in [2.24, 2.45) is 0 Å². The molecule has 0 aliphatic heterocycles.